The molecule has 0 unspecified atom stereocenters. The number of nitrogens with two attached hydrogens (primary N) is 2. The number of nitrogens with zero attached hydrogens (tertiary/aromatic N) is 2. The second kappa shape index (κ2) is 13.7. The molecule has 0 saturated carbocycles. The van der Waals surface area contributed by atoms with Crippen LogP contribution in [0.4, 0.5) is 23.1 Å². The minimum atomic E-state index is -1.27. The van der Waals surface area contributed by atoms with Gasteiger partial charge in [0.2, 0.25) is 23.7 Å². The molecular formula is C27H33BrN8O3. The molecule has 1 heterocycles. The molecule has 3 amide bonds. The van der Waals surface area contributed by atoms with Crippen molar-refractivity contribution < 1.29 is 14.4 Å². The second-order valence-electron chi connectivity index (χ2n) is 9.41. The number of nitrogens with one attached hydrogen (secondary N) is 4. The Labute approximate surface area is 235 Å². The van der Waals surface area contributed by atoms with Crippen LogP contribution < -0.4 is 32.7 Å². The molecule has 1 atom stereocenters. The topological polar surface area (TPSA) is 177 Å². The normalized spacial score (nSPS) is 11.8. The molecular weight excluding hydrogens is 564 g/mol. The molecule has 0 fully saturated rings. The predicted octanol–water partition coefficient (Wildman–Crippen LogP) is 2.92. The van der Waals surface area contributed by atoms with Gasteiger partial charge in [-0.25, -0.2) is 4.98 Å². The fourth-order valence-corrected chi connectivity index (χ4v) is 3.71. The molecule has 0 bridgehead atoms. The number of halogens is 1. The zero-order valence-electron chi connectivity index (χ0n) is 21.8. The third-order valence-electron chi connectivity index (χ3n) is 5.88. The third-order valence-corrected chi connectivity index (χ3v) is 6.46. The van der Waals surface area contributed by atoms with Crippen LogP contribution in [0.25, 0.3) is 0 Å². The molecule has 206 valence electrons. The van der Waals surface area contributed by atoms with Crippen LogP contribution in [-0.4, -0.2) is 46.8 Å². The molecule has 3 aromatic rings. The molecule has 11 nitrogen and oxygen atoms in total. The minimum Gasteiger partial charge on any atom is -0.369 e. The van der Waals surface area contributed by atoms with Gasteiger partial charge in [-0.05, 0) is 66.4 Å². The lowest BCUT2D eigenvalue weighted by Crippen LogP contribution is -2.46. The van der Waals surface area contributed by atoms with E-state index in [1.165, 1.54) is 13.8 Å². The second-order valence-corrected chi connectivity index (χ2v) is 10.3. The Bertz CT molecular complexity index is 1300. The monoisotopic (exact) mass is 596 g/mol. The van der Waals surface area contributed by atoms with Gasteiger partial charge in [-0.1, -0.05) is 36.4 Å². The maximum absolute atomic E-state index is 12.6. The van der Waals surface area contributed by atoms with Crippen molar-refractivity contribution >= 4 is 56.8 Å². The number of carbonyl (C=O) groups excluding carboxylic acids is 3. The van der Waals surface area contributed by atoms with E-state index in [0.717, 1.165) is 5.56 Å². The molecule has 0 aliphatic rings. The van der Waals surface area contributed by atoms with E-state index >= 15 is 0 Å². The number of amides is 3. The summed E-state index contributed by atoms with van der Waals surface area (Å²) in [6.45, 7) is 3.85. The first-order valence-electron chi connectivity index (χ1n) is 12.4. The zero-order valence-corrected chi connectivity index (χ0v) is 23.4. The Morgan fingerprint density at radius 2 is 1.74 bits per heavy atom. The number of carbonyl (C=O) groups is 3. The van der Waals surface area contributed by atoms with E-state index < -0.39 is 23.3 Å². The zero-order chi connectivity index (χ0) is 28.4. The van der Waals surface area contributed by atoms with Crippen LogP contribution in [0.5, 0.6) is 0 Å². The Kier molecular flexibility index (Phi) is 10.4. The van der Waals surface area contributed by atoms with E-state index in [-0.39, 0.29) is 5.91 Å². The Hall–Kier alpha value is -4.03. The molecule has 8 N–H and O–H groups in total. The maximum atomic E-state index is 12.6. The van der Waals surface area contributed by atoms with Gasteiger partial charge in [0, 0.05) is 30.7 Å². The number of hydrogen-bond donors (Lipinski definition) is 6. The number of primary amides is 1. The van der Waals surface area contributed by atoms with Gasteiger partial charge in [0.05, 0.1) is 10.5 Å². The van der Waals surface area contributed by atoms with Gasteiger partial charge >= 0.3 is 0 Å². The van der Waals surface area contributed by atoms with E-state index in [2.05, 4.69) is 47.2 Å². The molecule has 2 aromatic carbocycles. The van der Waals surface area contributed by atoms with Gasteiger partial charge in [0.15, 0.2) is 0 Å². The Morgan fingerprint density at radius 1 is 1.03 bits per heavy atom. The smallest absolute Gasteiger partial charge is 0.241 e. The van der Waals surface area contributed by atoms with Crippen molar-refractivity contribution in [1.82, 2.24) is 15.3 Å². The quantitative estimate of drug-likeness (QED) is 0.129. The molecule has 1 aromatic heterocycles. The van der Waals surface area contributed by atoms with E-state index in [1.54, 1.807) is 24.4 Å². The molecule has 12 heteroatoms. The van der Waals surface area contributed by atoms with Gasteiger partial charge in [-0.3, -0.25) is 14.4 Å². The van der Waals surface area contributed by atoms with Crippen molar-refractivity contribution in [2.45, 2.75) is 32.7 Å². The average molecular weight is 598 g/mol. The van der Waals surface area contributed by atoms with E-state index in [0.29, 0.717) is 53.5 Å². The highest BCUT2D eigenvalue weighted by molar-refractivity contribution is 9.10. The molecule has 0 saturated heterocycles. The number of benzene rings is 2. The molecule has 0 aliphatic carbocycles. The van der Waals surface area contributed by atoms with Crippen molar-refractivity contribution in [2.24, 2.45) is 16.9 Å². The molecule has 39 heavy (non-hydrogen) atoms. The first-order valence-corrected chi connectivity index (χ1v) is 13.2. The van der Waals surface area contributed by atoms with Crippen molar-refractivity contribution in [3.8, 4) is 0 Å². The molecule has 0 aliphatic heterocycles. The standard InChI is InChI=1S/C27H33BrN8O3/c1-27(2,24(30)38)25(39)32-13-7-12-31-22-20(28)16-33-26(36-22)35-19-11-6-10-18(15-19)34-23(37)21(29)14-17-8-4-3-5-9-17/h3-6,8-11,15-16,21H,7,12-14,29H2,1-2H3,(H2,30,38)(H,32,39)(H,34,37)(H2,31,33,35,36)/t21-/m0/s1. The summed E-state index contributed by atoms with van der Waals surface area (Å²) in [5.41, 5.74) is 12.4. The number of rotatable bonds is 13. The van der Waals surface area contributed by atoms with Gasteiger partial charge in [-0.2, -0.15) is 4.98 Å². The van der Waals surface area contributed by atoms with Crippen LogP contribution in [0, 0.1) is 5.41 Å². The van der Waals surface area contributed by atoms with E-state index in [4.69, 9.17) is 11.5 Å². The summed E-state index contributed by atoms with van der Waals surface area (Å²) in [7, 11) is 0. The maximum Gasteiger partial charge on any atom is 0.241 e. The predicted molar refractivity (Wildman–Crippen MR) is 155 cm³/mol. The van der Waals surface area contributed by atoms with Crippen molar-refractivity contribution in [2.75, 3.05) is 29.0 Å². The summed E-state index contributed by atoms with van der Waals surface area (Å²) in [4.78, 5) is 44.9. The van der Waals surface area contributed by atoms with Crippen molar-refractivity contribution in [3.05, 3.63) is 70.8 Å². The SMILES string of the molecule is CC(C)(C(N)=O)C(=O)NCCCNc1nc(Nc2cccc(NC(=O)[C@@H](N)Cc3ccccc3)c2)ncc1Br. The van der Waals surface area contributed by atoms with Gasteiger partial charge in [-0.15, -0.1) is 0 Å². The van der Waals surface area contributed by atoms with E-state index in [1.807, 2.05) is 36.4 Å². The lowest BCUT2D eigenvalue weighted by molar-refractivity contribution is -0.139. The summed E-state index contributed by atoms with van der Waals surface area (Å²) in [5.74, 6) is -0.463. The van der Waals surface area contributed by atoms with Gasteiger partial charge in [0.25, 0.3) is 0 Å². The van der Waals surface area contributed by atoms with Crippen LogP contribution in [0.1, 0.15) is 25.8 Å². The first kappa shape index (κ1) is 29.5. The van der Waals surface area contributed by atoms with Crippen LogP contribution in [0.2, 0.25) is 0 Å². The van der Waals surface area contributed by atoms with Crippen molar-refractivity contribution in [1.29, 1.82) is 0 Å². The van der Waals surface area contributed by atoms with E-state index in [9.17, 15) is 14.4 Å². The van der Waals surface area contributed by atoms with Crippen LogP contribution in [0.3, 0.4) is 0 Å². The summed E-state index contributed by atoms with van der Waals surface area (Å²) in [5, 5.41) is 11.9. The highest BCUT2D eigenvalue weighted by Gasteiger charge is 2.33. The van der Waals surface area contributed by atoms with Crippen molar-refractivity contribution in [3.63, 3.8) is 0 Å². The fourth-order valence-electron chi connectivity index (χ4n) is 3.38. The van der Waals surface area contributed by atoms with Crippen LogP contribution in [0.15, 0.2) is 65.3 Å². The molecule has 3 rings (SSSR count). The average Bonchev–Trinajstić information content (AvgIpc) is 2.90. The summed E-state index contributed by atoms with van der Waals surface area (Å²) in [6, 6.07) is 16.1. The third kappa shape index (κ3) is 8.76. The van der Waals surface area contributed by atoms with Gasteiger partial charge in [0.1, 0.15) is 11.2 Å². The lowest BCUT2D eigenvalue weighted by atomic mass is 9.91. The number of hydrogen-bond acceptors (Lipinski definition) is 8. The number of anilines is 4. The fraction of sp³-hybridized carbons (Fsp3) is 0.296. The largest absolute Gasteiger partial charge is 0.369 e. The summed E-state index contributed by atoms with van der Waals surface area (Å²) in [6.07, 6.45) is 2.64. The summed E-state index contributed by atoms with van der Waals surface area (Å²) >= 11 is 3.43. The highest BCUT2D eigenvalue weighted by Crippen LogP contribution is 2.23. The lowest BCUT2D eigenvalue weighted by Gasteiger charge is -2.19. The summed E-state index contributed by atoms with van der Waals surface area (Å²) < 4.78 is 0.667. The molecule has 0 spiro atoms. The number of aromatic nitrogens is 2. The Balaban J connectivity index is 1.52. The minimum absolute atomic E-state index is 0.281. The van der Waals surface area contributed by atoms with Crippen LogP contribution in [-0.2, 0) is 20.8 Å². The Morgan fingerprint density at radius 3 is 2.46 bits per heavy atom. The highest BCUT2D eigenvalue weighted by atomic mass is 79.9. The molecule has 0 radical (unpaired) electrons. The van der Waals surface area contributed by atoms with Gasteiger partial charge < -0.3 is 32.7 Å². The first-order chi connectivity index (χ1) is 18.6. The van der Waals surface area contributed by atoms with Crippen LogP contribution >= 0.6 is 15.9 Å².